The van der Waals surface area contributed by atoms with Crippen LogP contribution in [0.5, 0.6) is 0 Å². The summed E-state index contributed by atoms with van der Waals surface area (Å²) in [7, 11) is 0. The van der Waals surface area contributed by atoms with Gasteiger partial charge >= 0.3 is 0 Å². The third kappa shape index (κ3) is 6.88. The minimum absolute atomic E-state index is 0.0801. The highest BCUT2D eigenvalue weighted by molar-refractivity contribution is 5.77. The molecule has 0 fully saturated rings. The number of rotatable bonds is 5. The van der Waals surface area contributed by atoms with E-state index < -0.39 is 0 Å². The summed E-state index contributed by atoms with van der Waals surface area (Å²) in [4.78, 5) is 14.5. The Morgan fingerprint density at radius 1 is 1.10 bits per heavy atom. The molecule has 0 unspecified atom stereocenters. The number of benzene rings is 1. The quantitative estimate of drug-likeness (QED) is 0.838. The molecular formula is C17H24N2O. The van der Waals surface area contributed by atoms with Crippen molar-refractivity contribution in [1.29, 1.82) is 0 Å². The molecule has 3 heteroatoms. The summed E-state index contributed by atoms with van der Waals surface area (Å²) in [6.45, 7) is 4.58. The number of nitrogens with zero attached hydrogens (tertiary/aromatic N) is 1. The average molecular weight is 272 g/mol. The van der Waals surface area contributed by atoms with Gasteiger partial charge in [0.1, 0.15) is 0 Å². The maximum atomic E-state index is 10.4. The Morgan fingerprint density at radius 2 is 1.85 bits per heavy atom. The van der Waals surface area contributed by atoms with Crippen molar-refractivity contribution in [3.05, 3.63) is 42.6 Å². The molecular weight excluding hydrogens is 248 g/mol. The van der Waals surface area contributed by atoms with E-state index in [1.807, 2.05) is 30.5 Å². The summed E-state index contributed by atoms with van der Waals surface area (Å²) < 4.78 is 0. The molecule has 0 atom stereocenters. The number of aromatic nitrogens is 1. The van der Waals surface area contributed by atoms with Gasteiger partial charge in [-0.2, -0.15) is 0 Å². The van der Waals surface area contributed by atoms with Gasteiger partial charge in [0, 0.05) is 25.1 Å². The zero-order valence-electron chi connectivity index (χ0n) is 12.4. The van der Waals surface area contributed by atoms with Crippen LogP contribution in [0.25, 0.3) is 10.9 Å². The molecule has 0 saturated carbocycles. The Morgan fingerprint density at radius 3 is 2.55 bits per heavy atom. The number of amides is 1. The van der Waals surface area contributed by atoms with Gasteiger partial charge in [-0.3, -0.25) is 9.78 Å². The van der Waals surface area contributed by atoms with Gasteiger partial charge in [0.2, 0.25) is 5.91 Å². The monoisotopic (exact) mass is 272 g/mol. The van der Waals surface area contributed by atoms with Crippen molar-refractivity contribution in [2.45, 2.75) is 39.5 Å². The van der Waals surface area contributed by atoms with E-state index in [1.54, 1.807) is 6.92 Å². The third-order valence-electron chi connectivity index (χ3n) is 2.92. The smallest absolute Gasteiger partial charge is 0.216 e. The fourth-order valence-corrected chi connectivity index (χ4v) is 1.83. The summed E-state index contributed by atoms with van der Waals surface area (Å²) >= 11 is 0. The van der Waals surface area contributed by atoms with Crippen molar-refractivity contribution in [3.8, 4) is 0 Å². The number of pyridine rings is 1. The first-order chi connectivity index (χ1) is 9.74. The molecule has 0 radical (unpaired) electrons. The van der Waals surface area contributed by atoms with Crippen molar-refractivity contribution in [3.63, 3.8) is 0 Å². The number of nitrogens with one attached hydrogen (secondary N) is 1. The Bertz CT molecular complexity index is 446. The molecule has 0 aliphatic heterocycles. The highest BCUT2D eigenvalue weighted by Crippen LogP contribution is 2.07. The lowest BCUT2D eigenvalue weighted by atomic mass is 10.2. The van der Waals surface area contributed by atoms with Crippen LogP contribution < -0.4 is 5.32 Å². The van der Waals surface area contributed by atoms with E-state index in [9.17, 15) is 4.79 Å². The number of hydrogen-bond acceptors (Lipinski definition) is 2. The molecule has 0 aliphatic rings. The lowest BCUT2D eigenvalue weighted by molar-refractivity contribution is -0.118. The molecule has 3 nitrogen and oxygen atoms in total. The molecule has 20 heavy (non-hydrogen) atoms. The number of carbonyl (C=O) groups is 1. The predicted octanol–water partition coefficient (Wildman–Crippen LogP) is 3.94. The molecule has 0 aliphatic carbocycles. The minimum Gasteiger partial charge on any atom is -0.356 e. The van der Waals surface area contributed by atoms with Crippen molar-refractivity contribution in [2.24, 2.45) is 0 Å². The van der Waals surface area contributed by atoms with Gasteiger partial charge in [0.15, 0.2) is 0 Å². The van der Waals surface area contributed by atoms with Crippen molar-refractivity contribution < 1.29 is 4.79 Å². The molecule has 2 aromatic rings. The molecule has 0 bridgehead atoms. The van der Waals surface area contributed by atoms with E-state index in [0.29, 0.717) is 0 Å². The zero-order chi connectivity index (χ0) is 14.6. The maximum Gasteiger partial charge on any atom is 0.216 e. The van der Waals surface area contributed by atoms with Crippen LogP contribution in [0.15, 0.2) is 42.6 Å². The van der Waals surface area contributed by atoms with E-state index in [1.165, 1.54) is 24.6 Å². The number of hydrogen-bond donors (Lipinski definition) is 1. The number of para-hydroxylation sites is 1. The molecule has 1 aromatic heterocycles. The fraction of sp³-hybridized carbons (Fsp3) is 0.412. The van der Waals surface area contributed by atoms with Crippen LogP contribution in [0.1, 0.15) is 39.5 Å². The molecule has 108 valence electrons. The first kappa shape index (κ1) is 16.2. The average Bonchev–Trinajstić information content (AvgIpc) is 2.48. The van der Waals surface area contributed by atoms with Crippen molar-refractivity contribution in [1.82, 2.24) is 10.3 Å². The molecule has 2 rings (SSSR count). The van der Waals surface area contributed by atoms with Gasteiger partial charge in [-0.1, -0.05) is 50.5 Å². The van der Waals surface area contributed by atoms with Gasteiger partial charge < -0.3 is 5.32 Å². The Kier molecular flexibility index (Phi) is 8.04. The topological polar surface area (TPSA) is 42.0 Å². The summed E-state index contributed by atoms with van der Waals surface area (Å²) in [6, 6.07) is 12.1. The van der Waals surface area contributed by atoms with Gasteiger partial charge in [0.25, 0.3) is 0 Å². The van der Waals surface area contributed by atoms with Crippen LogP contribution >= 0.6 is 0 Å². The summed E-state index contributed by atoms with van der Waals surface area (Å²) in [5.74, 6) is 0.0801. The second kappa shape index (κ2) is 9.96. The van der Waals surface area contributed by atoms with Gasteiger partial charge in [-0.15, -0.1) is 0 Å². The maximum absolute atomic E-state index is 10.4. The molecule has 1 aromatic carbocycles. The van der Waals surface area contributed by atoms with E-state index in [-0.39, 0.29) is 5.91 Å². The Hall–Kier alpha value is -1.90. The summed E-state index contributed by atoms with van der Waals surface area (Å²) in [6.07, 6.45) is 6.69. The van der Waals surface area contributed by atoms with E-state index in [2.05, 4.69) is 29.4 Å². The van der Waals surface area contributed by atoms with Gasteiger partial charge in [-0.05, 0) is 18.6 Å². The fourth-order valence-electron chi connectivity index (χ4n) is 1.83. The predicted molar refractivity (Wildman–Crippen MR) is 84.6 cm³/mol. The summed E-state index contributed by atoms with van der Waals surface area (Å²) in [5.41, 5.74) is 1.06. The molecule has 0 spiro atoms. The molecule has 0 saturated heterocycles. The first-order valence-corrected chi connectivity index (χ1v) is 7.28. The molecule has 1 amide bonds. The van der Waals surface area contributed by atoms with Crippen LogP contribution in [0.2, 0.25) is 0 Å². The highest BCUT2D eigenvalue weighted by atomic mass is 16.1. The van der Waals surface area contributed by atoms with Crippen LogP contribution in [-0.4, -0.2) is 17.4 Å². The summed E-state index contributed by atoms with van der Waals surface area (Å²) in [5, 5.41) is 3.96. The number of fused-ring (bicyclic) bond motifs is 1. The van der Waals surface area contributed by atoms with E-state index >= 15 is 0 Å². The largest absolute Gasteiger partial charge is 0.356 e. The van der Waals surface area contributed by atoms with E-state index in [4.69, 9.17) is 0 Å². The number of unbranched alkanes of at least 4 members (excludes halogenated alkanes) is 3. The number of carbonyl (C=O) groups excluding carboxylic acids is 1. The molecule has 1 heterocycles. The van der Waals surface area contributed by atoms with Crippen LogP contribution in [-0.2, 0) is 4.79 Å². The third-order valence-corrected chi connectivity index (χ3v) is 2.92. The van der Waals surface area contributed by atoms with Gasteiger partial charge in [-0.25, -0.2) is 0 Å². The van der Waals surface area contributed by atoms with Crippen molar-refractivity contribution in [2.75, 3.05) is 6.54 Å². The van der Waals surface area contributed by atoms with Crippen molar-refractivity contribution >= 4 is 16.8 Å². The van der Waals surface area contributed by atoms with Crippen LogP contribution in [0, 0.1) is 0 Å². The Balaban J connectivity index is 0.000000200. The molecule has 1 N–H and O–H groups in total. The van der Waals surface area contributed by atoms with E-state index in [0.717, 1.165) is 18.5 Å². The van der Waals surface area contributed by atoms with Crippen LogP contribution in [0.4, 0.5) is 0 Å². The standard InChI is InChI=1S/C9H7N.C8H17NO/c1-2-6-9-8(4-1)5-3-7-10-9;1-3-4-5-6-7-9-8(2)10/h1-7H;3-7H2,1-2H3,(H,9,10). The second-order valence-corrected chi connectivity index (χ2v) is 4.74. The van der Waals surface area contributed by atoms with Gasteiger partial charge in [0.05, 0.1) is 5.52 Å². The lowest BCUT2D eigenvalue weighted by Crippen LogP contribution is -2.20. The highest BCUT2D eigenvalue weighted by Gasteiger charge is 1.89. The first-order valence-electron chi connectivity index (χ1n) is 7.28. The Labute approximate surface area is 121 Å². The lowest BCUT2D eigenvalue weighted by Gasteiger charge is -1.99. The second-order valence-electron chi connectivity index (χ2n) is 4.74. The zero-order valence-corrected chi connectivity index (χ0v) is 12.4. The SMILES string of the molecule is CCCCCCNC(C)=O.c1ccc2ncccc2c1. The van der Waals surface area contributed by atoms with Crippen LogP contribution in [0.3, 0.4) is 0 Å². The normalized spacial score (nSPS) is 9.70. The minimum atomic E-state index is 0.0801.